The van der Waals surface area contributed by atoms with Gasteiger partial charge in [0.05, 0.1) is 37.9 Å². The van der Waals surface area contributed by atoms with Crippen LogP contribution in [0.15, 0.2) is 81.9 Å². The third-order valence-electron chi connectivity index (χ3n) is 6.34. The molecule has 0 radical (unpaired) electrons. The number of benzene rings is 3. The molecule has 10 heteroatoms. The highest BCUT2D eigenvalue weighted by molar-refractivity contribution is 5.98. The third-order valence-corrected chi connectivity index (χ3v) is 6.34. The molecule has 0 spiro atoms. The van der Waals surface area contributed by atoms with E-state index in [9.17, 15) is 9.59 Å². The fourth-order valence-corrected chi connectivity index (χ4v) is 4.21. The molecule has 1 fully saturated rings. The molecule has 0 aliphatic heterocycles. The van der Waals surface area contributed by atoms with Crippen LogP contribution in [0.25, 0.3) is 10.9 Å². The molecule has 198 valence electrons. The predicted molar refractivity (Wildman–Crippen MR) is 149 cm³/mol. The Balaban J connectivity index is 1.43. The van der Waals surface area contributed by atoms with Crippen molar-refractivity contribution < 1.29 is 18.7 Å². The Morgan fingerprint density at radius 3 is 2.21 bits per heavy atom. The lowest BCUT2D eigenvalue weighted by Crippen LogP contribution is -2.27. The molecule has 3 aromatic carbocycles. The Labute approximate surface area is 223 Å². The number of methoxy groups -OCH3 is 2. The van der Waals surface area contributed by atoms with E-state index in [0.717, 1.165) is 18.9 Å². The fraction of sp³-hybridized carbons (Fsp3) is 0.172. The van der Waals surface area contributed by atoms with Crippen molar-refractivity contribution in [2.45, 2.75) is 18.9 Å². The van der Waals surface area contributed by atoms with Gasteiger partial charge < -0.3 is 14.0 Å². The summed E-state index contributed by atoms with van der Waals surface area (Å²) in [5.74, 6) is -0.149. The maximum Gasteiger partial charge on any atom is 0.276 e. The maximum absolute atomic E-state index is 15.1. The van der Waals surface area contributed by atoms with Crippen molar-refractivity contribution >= 4 is 34.9 Å². The minimum absolute atomic E-state index is 0.0972. The average molecular weight is 528 g/mol. The number of hydrogen-bond acceptors (Lipinski definition) is 7. The number of nitrogens with one attached hydrogen (secondary N) is 2. The first-order valence-corrected chi connectivity index (χ1v) is 12.3. The first-order chi connectivity index (χ1) is 19.0. The summed E-state index contributed by atoms with van der Waals surface area (Å²) < 4.78 is 27.5. The summed E-state index contributed by atoms with van der Waals surface area (Å²) in [6.45, 7) is 0. The maximum atomic E-state index is 15.1. The van der Waals surface area contributed by atoms with Crippen LogP contribution >= 0.6 is 0 Å². The van der Waals surface area contributed by atoms with Crippen molar-refractivity contribution in [3.63, 3.8) is 0 Å². The van der Waals surface area contributed by atoms with Crippen molar-refractivity contribution in [1.82, 2.24) is 9.99 Å². The van der Waals surface area contributed by atoms with E-state index in [0.29, 0.717) is 28.1 Å². The highest BCUT2D eigenvalue weighted by Crippen LogP contribution is 2.37. The molecular formula is C29H26FN5O4. The number of anilines is 1. The van der Waals surface area contributed by atoms with Gasteiger partial charge in [-0.25, -0.2) is 9.82 Å². The second-order valence-electron chi connectivity index (χ2n) is 8.91. The number of rotatable bonds is 9. The first kappa shape index (κ1) is 25.7. The molecule has 1 aliphatic carbocycles. The predicted octanol–water partition coefficient (Wildman–Crippen LogP) is 4.70. The number of hydrogen-bond donors (Lipinski definition) is 2. The first-order valence-electron chi connectivity index (χ1n) is 12.3. The van der Waals surface area contributed by atoms with Crippen LogP contribution in [0.1, 0.15) is 40.4 Å². The number of pyridine rings is 1. The van der Waals surface area contributed by atoms with Gasteiger partial charge in [0.2, 0.25) is 5.43 Å². The number of amides is 1. The second-order valence-corrected chi connectivity index (χ2v) is 8.91. The minimum atomic E-state index is -0.688. The van der Waals surface area contributed by atoms with Gasteiger partial charge in [-0.05, 0) is 49.2 Å². The lowest BCUT2D eigenvalue weighted by atomic mass is 10.1. The number of fused-ring (bicyclic) bond motifs is 1. The van der Waals surface area contributed by atoms with E-state index in [-0.39, 0.29) is 22.7 Å². The molecule has 0 saturated heterocycles. The van der Waals surface area contributed by atoms with E-state index in [1.54, 1.807) is 25.3 Å². The lowest BCUT2D eigenvalue weighted by molar-refractivity contribution is 0.0953. The van der Waals surface area contributed by atoms with E-state index in [2.05, 4.69) is 21.1 Å². The Kier molecular flexibility index (Phi) is 7.35. The number of carbonyl (C=O) groups is 1. The van der Waals surface area contributed by atoms with Crippen LogP contribution in [0.2, 0.25) is 0 Å². The van der Waals surface area contributed by atoms with Gasteiger partial charge in [0.25, 0.3) is 5.91 Å². The number of para-hydroxylation sites is 2. The van der Waals surface area contributed by atoms with Crippen LogP contribution in [0.4, 0.5) is 10.1 Å². The standard InChI is InChI=1S/C29H26FN5O4/c1-38-26-9-5-3-7-18(26)15-31-33-24-14-25-21(13-23(24)30)28(36)22(17-35(25)20-11-12-20)29(37)34-32-16-19-8-4-6-10-27(19)39-2/h3-10,13-17,20,33H,11-12H2,1-2H3,(H,34,37)/b31-15+,32-16+. The van der Waals surface area contributed by atoms with Crippen LogP contribution in [0.5, 0.6) is 11.5 Å². The summed E-state index contributed by atoms with van der Waals surface area (Å²) in [5.41, 5.74) is 6.38. The van der Waals surface area contributed by atoms with E-state index in [1.165, 1.54) is 31.8 Å². The Bertz CT molecular complexity index is 1660. The topological polar surface area (TPSA) is 106 Å². The van der Waals surface area contributed by atoms with Gasteiger partial charge in [0.1, 0.15) is 22.9 Å². The van der Waals surface area contributed by atoms with Crippen LogP contribution in [-0.2, 0) is 0 Å². The van der Waals surface area contributed by atoms with Crippen LogP contribution in [0, 0.1) is 5.82 Å². The molecule has 1 aliphatic rings. The number of nitrogens with zero attached hydrogens (tertiary/aromatic N) is 3. The lowest BCUT2D eigenvalue weighted by Gasteiger charge is -2.14. The van der Waals surface area contributed by atoms with Gasteiger partial charge in [0.15, 0.2) is 0 Å². The van der Waals surface area contributed by atoms with E-state index >= 15 is 4.39 Å². The highest BCUT2D eigenvalue weighted by atomic mass is 19.1. The van der Waals surface area contributed by atoms with Gasteiger partial charge in [-0.1, -0.05) is 24.3 Å². The summed E-state index contributed by atoms with van der Waals surface area (Å²) >= 11 is 0. The molecule has 1 amide bonds. The normalized spacial score (nSPS) is 13.2. The zero-order valence-electron chi connectivity index (χ0n) is 21.3. The minimum Gasteiger partial charge on any atom is -0.496 e. The molecular weight excluding hydrogens is 501 g/mol. The zero-order valence-corrected chi connectivity index (χ0v) is 21.3. The number of carbonyl (C=O) groups excluding carboxylic acids is 1. The summed E-state index contributed by atoms with van der Waals surface area (Å²) in [5, 5.41) is 8.22. The molecule has 2 N–H and O–H groups in total. The van der Waals surface area contributed by atoms with Crippen LogP contribution < -0.4 is 25.8 Å². The molecule has 0 unspecified atom stereocenters. The van der Waals surface area contributed by atoms with Gasteiger partial charge in [0, 0.05) is 28.8 Å². The molecule has 1 aromatic heterocycles. The summed E-state index contributed by atoms with van der Waals surface area (Å²) in [6, 6.07) is 17.2. The largest absolute Gasteiger partial charge is 0.496 e. The molecule has 39 heavy (non-hydrogen) atoms. The molecule has 9 nitrogen and oxygen atoms in total. The number of hydrazone groups is 2. The van der Waals surface area contributed by atoms with Crippen LogP contribution in [-0.4, -0.2) is 37.1 Å². The quantitative estimate of drug-likeness (QED) is 0.242. The third kappa shape index (κ3) is 5.49. The molecule has 5 rings (SSSR count). The van der Waals surface area contributed by atoms with Crippen LogP contribution in [0.3, 0.4) is 0 Å². The summed E-state index contributed by atoms with van der Waals surface area (Å²) in [4.78, 5) is 26.2. The van der Waals surface area contributed by atoms with Crippen molar-refractivity contribution in [2.24, 2.45) is 10.2 Å². The zero-order chi connectivity index (χ0) is 27.4. The van der Waals surface area contributed by atoms with Crippen molar-refractivity contribution in [2.75, 3.05) is 19.6 Å². The Morgan fingerprint density at radius 1 is 0.974 bits per heavy atom. The smallest absolute Gasteiger partial charge is 0.276 e. The molecule has 1 saturated carbocycles. The second kappa shape index (κ2) is 11.2. The number of aromatic nitrogens is 1. The molecule has 1 heterocycles. The van der Waals surface area contributed by atoms with Gasteiger partial charge in [-0.3, -0.25) is 15.0 Å². The van der Waals surface area contributed by atoms with E-state index in [1.807, 2.05) is 34.9 Å². The summed E-state index contributed by atoms with van der Waals surface area (Å²) in [6.07, 6.45) is 6.24. The fourth-order valence-electron chi connectivity index (χ4n) is 4.21. The number of ether oxygens (including phenoxy) is 2. The number of halogens is 1. The van der Waals surface area contributed by atoms with Crippen molar-refractivity contribution in [3.05, 3.63) is 99.6 Å². The van der Waals surface area contributed by atoms with E-state index < -0.39 is 17.2 Å². The van der Waals surface area contributed by atoms with E-state index in [4.69, 9.17) is 9.47 Å². The molecule has 0 bridgehead atoms. The van der Waals surface area contributed by atoms with Crippen molar-refractivity contribution in [1.29, 1.82) is 0 Å². The van der Waals surface area contributed by atoms with Gasteiger partial charge in [-0.2, -0.15) is 10.2 Å². The molecule has 4 aromatic rings. The van der Waals surface area contributed by atoms with Crippen molar-refractivity contribution in [3.8, 4) is 11.5 Å². The van der Waals surface area contributed by atoms with Gasteiger partial charge >= 0.3 is 0 Å². The average Bonchev–Trinajstić information content (AvgIpc) is 3.80. The monoisotopic (exact) mass is 527 g/mol. The Morgan fingerprint density at radius 2 is 1.59 bits per heavy atom. The SMILES string of the molecule is COc1ccccc1/C=N/NC(=O)c1cn(C2CC2)c2cc(N/N=C/c3ccccc3OC)c(F)cc2c1=O. The highest BCUT2D eigenvalue weighted by Gasteiger charge is 2.27. The van der Waals surface area contributed by atoms with Gasteiger partial charge in [-0.15, -0.1) is 0 Å². The summed E-state index contributed by atoms with van der Waals surface area (Å²) in [7, 11) is 3.09. The molecule has 0 atom stereocenters. The Hall–Kier alpha value is -4.99.